The van der Waals surface area contributed by atoms with Gasteiger partial charge in [0.2, 0.25) is 0 Å². The number of hydrogen-bond acceptors (Lipinski definition) is 3. The molecule has 3 nitrogen and oxygen atoms in total. The quantitative estimate of drug-likeness (QED) is 0.486. The fourth-order valence-corrected chi connectivity index (χ4v) is 5.60. The molecule has 0 spiro atoms. The molecule has 3 fully saturated rings. The van der Waals surface area contributed by atoms with Gasteiger partial charge in [0.05, 0.1) is 6.61 Å². The van der Waals surface area contributed by atoms with Crippen LogP contribution in [0, 0.1) is 22.7 Å². The molecule has 128 valence electrons. The van der Waals surface area contributed by atoms with Gasteiger partial charge in [0.1, 0.15) is 0 Å². The number of aliphatic hydroxyl groups excluding tert-OH is 1. The number of cyclic esters (lactones) is 1. The smallest absolute Gasteiger partial charge is 0.333 e. The molecule has 1 saturated heterocycles. The molecule has 0 radical (unpaired) electrons. The monoisotopic (exact) mass is 318 g/mol. The highest BCUT2D eigenvalue weighted by Gasteiger charge is 2.53. The van der Waals surface area contributed by atoms with Gasteiger partial charge in [0, 0.05) is 18.6 Å². The summed E-state index contributed by atoms with van der Waals surface area (Å²) >= 11 is 0. The number of ether oxygens (including phenoxy) is 1. The van der Waals surface area contributed by atoms with Crippen LogP contribution < -0.4 is 0 Å². The molecule has 2 saturated carbocycles. The van der Waals surface area contributed by atoms with Crippen molar-refractivity contribution >= 4 is 5.97 Å². The standard InChI is InChI=1S/C20H30O3/c1-14-5-8-17-19(2,13-21)10-4-11-20(17,3)16(14)7-6-15-9-12-23-18(15)22/h6,16-17,21H,1,4-5,7-13H2,2-3H3/b15-6-/t16-,17-,19+,20+/m1/s1. The van der Waals surface area contributed by atoms with E-state index in [2.05, 4.69) is 26.5 Å². The van der Waals surface area contributed by atoms with Crippen LogP contribution in [0.4, 0.5) is 0 Å². The van der Waals surface area contributed by atoms with E-state index < -0.39 is 0 Å². The molecule has 23 heavy (non-hydrogen) atoms. The van der Waals surface area contributed by atoms with E-state index in [9.17, 15) is 9.90 Å². The molecule has 0 amide bonds. The first-order valence-electron chi connectivity index (χ1n) is 9.05. The molecular formula is C20H30O3. The molecule has 0 unspecified atom stereocenters. The second-order valence-corrected chi connectivity index (χ2v) is 8.32. The zero-order chi connectivity index (χ0) is 16.7. The highest BCUT2D eigenvalue weighted by molar-refractivity contribution is 5.90. The van der Waals surface area contributed by atoms with Gasteiger partial charge in [-0.15, -0.1) is 0 Å². The lowest BCUT2D eigenvalue weighted by atomic mass is 9.47. The van der Waals surface area contributed by atoms with E-state index >= 15 is 0 Å². The molecule has 2 aliphatic carbocycles. The maximum absolute atomic E-state index is 11.7. The maximum atomic E-state index is 11.7. The minimum Gasteiger partial charge on any atom is -0.462 e. The Morgan fingerprint density at radius 3 is 2.78 bits per heavy atom. The average Bonchev–Trinajstić information content (AvgIpc) is 2.91. The number of esters is 1. The predicted octanol–water partition coefficient (Wildman–Crippen LogP) is 4.02. The third-order valence-corrected chi connectivity index (χ3v) is 6.97. The Morgan fingerprint density at radius 1 is 1.35 bits per heavy atom. The van der Waals surface area contributed by atoms with Crippen LogP contribution in [0.5, 0.6) is 0 Å². The van der Waals surface area contributed by atoms with Gasteiger partial charge < -0.3 is 9.84 Å². The topological polar surface area (TPSA) is 46.5 Å². The van der Waals surface area contributed by atoms with Crippen molar-refractivity contribution in [2.45, 2.75) is 58.8 Å². The summed E-state index contributed by atoms with van der Waals surface area (Å²) in [7, 11) is 0. The Balaban J connectivity index is 1.85. The Bertz CT molecular complexity index is 535. The minimum absolute atomic E-state index is 0.0331. The van der Waals surface area contributed by atoms with Crippen molar-refractivity contribution in [1.29, 1.82) is 0 Å². The average molecular weight is 318 g/mol. The van der Waals surface area contributed by atoms with Crippen LogP contribution in [0.2, 0.25) is 0 Å². The fraction of sp³-hybridized carbons (Fsp3) is 0.750. The summed E-state index contributed by atoms with van der Waals surface area (Å²) in [6.45, 7) is 9.82. The maximum Gasteiger partial charge on any atom is 0.333 e. The van der Waals surface area contributed by atoms with Crippen LogP contribution in [0.1, 0.15) is 58.8 Å². The van der Waals surface area contributed by atoms with Gasteiger partial charge in [-0.25, -0.2) is 4.79 Å². The van der Waals surface area contributed by atoms with Gasteiger partial charge in [-0.05, 0) is 54.8 Å². The number of allylic oxidation sites excluding steroid dienone is 2. The van der Waals surface area contributed by atoms with Crippen LogP contribution in [0.25, 0.3) is 0 Å². The van der Waals surface area contributed by atoms with Crippen molar-refractivity contribution in [2.75, 3.05) is 13.2 Å². The number of rotatable bonds is 3. The van der Waals surface area contributed by atoms with E-state index in [-0.39, 0.29) is 23.4 Å². The SMILES string of the molecule is C=C1CC[C@@H]2[C@](C)(CO)CCC[C@@]2(C)[C@@H]1C/C=C1/CCOC1=O. The van der Waals surface area contributed by atoms with Crippen LogP contribution >= 0.6 is 0 Å². The number of aliphatic hydroxyl groups is 1. The van der Waals surface area contributed by atoms with Gasteiger partial charge in [0.15, 0.2) is 0 Å². The number of hydrogen-bond donors (Lipinski definition) is 1. The van der Waals surface area contributed by atoms with Gasteiger partial charge in [-0.1, -0.05) is 38.5 Å². The minimum atomic E-state index is -0.142. The lowest BCUT2D eigenvalue weighted by molar-refractivity contribution is -0.135. The summed E-state index contributed by atoms with van der Waals surface area (Å²) in [5.41, 5.74) is 2.38. The van der Waals surface area contributed by atoms with E-state index in [1.165, 1.54) is 18.4 Å². The Morgan fingerprint density at radius 2 is 2.13 bits per heavy atom. The van der Waals surface area contributed by atoms with Gasteiger partial charge in [-0.2, -0.15) is 0 Å². The summed E-state index contributed by atoms with van der Waals surface area (Å²) in [6, 6.07) is 0. The first kappa shape index (κ1) is 16.8. The summed E-state index contributed by atoms with van der Waals surface area (Å²) in [4.78, 5) is 11.7. The van der Waals surface area contributed by atoms with Crippen LogP contribution in [-0.2, 0) is 9.53 Å². The fourth-order valence-electron chi connectivity index (χ4n) is 5.60. The van der Waals surface area contributed by atoms with Gasteiger partial charge in [0.25, 0.3) is 0 Å². The molecule has 1 aliphatic heterocycles. The summed E-state index contributed by atoms with van der Waals surface area (Å²) in [6.07, 6.45) is 9.41. The van der Waals surface area contributed by atoms with Crippen molar-refractivity contribution in [2.24, 2.45) is 22.7 Å². The molecule has 1 heterocycles. The molecule has 0 bridgehead atoms. The Kier molecular flexibility index (Phi) is 4.43. The summed E-state index contributed by atoms with van der Waals surface area (Å²) in [5.74, 6) is 0.809. The largest absolute Gasteiger partial charge is 0.462 e. The van der Waals surface area contributed by atoms with Crippen molar-refractivity contribution < 1.29 is 14.6 Å². The Hall–Kier alpha value is -1.09. The number of fused-ring (bicyclic) bond motifs is 1. The number of carbonyl (C=O) groups is 1. The molecule has 0 aromatic heterocycles. The lowest BCUT2D eigenvalue weighted by Crippen LogP contribution is -2.51. The lowest BCUT2D eigenvalue weighted by Gasteiger charge is -2.58. The van der Waals surface area contributed by atoms with Crippen LogP contribution in [0.15, 0.2) is 23.8 Å². The molecule has 0 aromatic rings. The molecule has 0 aromatic carbocycles. The molecule has 4 atom stereocenters. The summed E-state index contributed by atoms with van der Waals surface area (Å²) < 4.78 is 5.05. The normalized spacial score (nSPS) is 42.7. The van der Waals surface area contributed by atoms with Gasteiger partial charge >= 0.3 is 5.97 Å². The van der Waals surface area contributed by atoms with Gasteiger partial charge in [-0.3, -0.25) is 0 Å². The van der Waals surface area contributed by atoms with Crippen molar-refractivity contribution in [1.82, 2.24) is 0 Å². The highest BCUT2D eigenvalue weighted by atomic mass is 16.5. The van der Waals surface area contributed by atoms with Crippen molar-refractivity contribution in [3.05, 3.63) is 23.8 Å². The van der Waals surface area contributed by atoms with Crippen molar-refractivity contribution in [3.8, 4) is 0 Å². The Labute approximate surface area is 139 Å². The first-order chi connectivity index (χ1) is 10.9. The zero-order valence-electron chi connectivity index (χ0n) is 14.6. The second-order valence-electron chi connectivity index (χ2n) is 8.32. The molecular weight excluding hydrogens is 288 g/mol. The number of carbonyl (C=O) groups excluding carboxylic acids is 1. The van der Waals surface area contributed by atoms with Crippen molar-refractivity contribution in [3.63, 3.8) is 0 Å². The molecule has 3 heteroatoms. The third-order valence-electron chi connectivity index (χ3n) is 6.97. The first-order valence-corrected chi connectivity index (χ1v) is 9.05. The molecule has 3 rings (SSSR count). The van der Waals surface area contributed by atoms with Crippen LogP contribution in [-0.4, -0.2) is 24.3 Å². The van der Waals surface area contributed by atoms with Crippen LogP contribution in [0.3, 0.4) is 0 Å². The van der Waals surface area contributed by atoms with E-state index in [0.29, 0.717) is 18.4 Å². The van der Waals surface area contributed by atoms with E-state index in [1.54, 1.807) is 0 Å². The molecule has 1 N–H and O–H groups in total. The molecule has 3 aliphatic rings. The van der Waals surface area contributed by atoms with E-state index in [4.69, 9.17) is 4.74 Å². The third kappa shape index (κ3) is 2.77. The van der Waals surface area contributed by atoms with E-state index in [1.807, 2.05) is 0 Å². The predicted molar refractivity (Wildman–Crippen MR) is 90.8 cm³/mol. The highest BCUT2D eigenvalue weighted by Crippen LogP contribution is 2.61. The van der Waals surface area contributed by atoms with E-state index in [0.717, 1.165) is 37.7 Å². The zero-order valence-corrected chi connectivity index (χ0v) is 14.6. The summed E-state index contributed by atoms with van der Waals surface area (Å²) in [5, 5.41) is 10.00. The second kappa shape index (κ2) is 6.08.